The van der Waals surface area contributed by atoms with Crippen molar-refractivity contribution in [3.8, 4) is 12.8 Å². The van der Waals surface area contributed by atoms with Gasteiger partial charge in [0.25, 0.3) is 5.60 Å². The molecule has 1 aliphatic heterocycles. The van der Waals surface area contributed by atoms with E-state index in [9.17, 15) is 44.8 Å². The van der Waals surface area contributed by atoms with Crippen molar-refractivity contribution in [1.29, 1.82) is 0 Å². The molecule has 1 aliphatic rings. The van der Waals surface area contributed by atoms with Crippen molar-refractivity contribution >= 4 is 22.6 Å². The van der Waals surface area contributed by atoms with E-state index in [-0.39, 0.29) is 35.0 Å². The predicted molar refractivity (Wildman–Crippen MR) is 145 cm³/mol. The molecule has 1 amide bonds. The van der Waals surface area contributed by atoms with Crippen molar-refractivity contribution in [1.82, 2.24) is 5.32 Å². The number of terminal acetylenes is 1. The summed E-state index contributed by atoms with van der Waals surface area (Å²) in [5.41, 5.74) is -4.97. The Morgan fingerprint density at radius 2 is 1.52 bits per heavy atom. The summed E-state index contributed by atoms with van der Waals surface area (Å²) in [7, 11) is -1.84. The van der Waals surface area contributed by atoms with Gasteiger partial charge in [-0.05, 0) is 54.3 Å². The third-order valence-electron chi connectivity index (χ3n) is 5.99. The summed E-state index contributed by atoms with van der Waals surface area (Å²) in [4.78, 5) is 10.7. The molecule has 1 unspecified atom stereocenters. The second kappa shape index (κ2) is 14.3. The molecular weight excluding hydrogens is 589 g/mol. The quantitative estimate of drug-likeness (QED) is 0.266. The van der Waals surface area contributed by atoms with Gasteiger partial charge in [0.1, 0.15) is 5.82 Å². The van der Waals surface area contributed by atoms with Gasteiger partial charge in [0, 0.05) is 25.6 Å². The molecule has 3 aromatic rings. The molecule has 5 nitrogen and oxygen atoms in total. The Hall–Kier alpha value is -3.89. The van der Waals surface area contributed by atoms with E-state index in [1.165, 1.54) is 23.4 Å². The van der Waals surface area contributed by atoms with Crippen LogP contribution in [0.25, 0.3) is 0 Å². The first-order chi connectivity index (χ1) is 19.6. The molecular formula is C29H27F7N2O3S. The Morgan fingerprint density at radius 1 is 0.952 bits per heavy atom. The number of carbonyl (C=O) groups excluding carboxylic acids is 1. The van der Waals surface area contributed by atoms with Gasteiger partial charge in [0.05, 0.1) is 10.6 Å². The standard InChI is InChI=1S/C18H14F7NO2S.C9H11NO.C2H2/c19-13-4-6-14(7-5-13)29(28)26-9-1-2-11-10-12(3-8-15(11)26)16(27,17(20,21)22)18(23,24)25;1-8(11)10-7-9-5-3-2-4-6-9;1-2/h3-8,10,27H,1-2,9H2;2-6H,7H2,1H3,(H,10,11);1-2H. The molecule has 2 N–H and O–H groups in total. The van der Waals surface area contributed by atoms with Crippen molar-refractivity contribution in [3.05, 3.63) is 95.3 Å². The lowest BCUT2D eigenvalue weighted by Crippen LogP contribution is -2.54. The summed E-state index contributed by atoms with van der Waals surface area (Å²) in [6.45, 7) is 2.37. The molecule has 1 heterocycles. The number of alkyl halides is 6. The van der Waals surface area contributed by atoms with Gasteiger partial charge in [-0.25, -0.2) is 8.60 Å². The number of amides is 1. The molecule has 226 valence electrons. The minimum Gasteiger partial charge on any atom is -0.369 e. The maximum Gasteiger partial charge on any atom is 0.430 e. The smallest absolute Gasteiger partial charge is 0.369 e. The molecule has 3 aromatic carbocycles. The molecule has 0 saturated carbocycles. The number of nitrogens with zero attached hydrogens (tertiary/aromatic N) is 1. The SMILES string of the molecule is C#C.CC(=O)NCc1ccccc1.O=S(c1ccc(F)cc1)N1CCCc2cc(C(O)(C(F)(F)F)C(F)(F)F)ccc21. The van der Waals surface area contributed by atoms with Gasteiger partial charge >= 0.3 is 12.4 Å². The van der Waals surface area contributed by atoms with Crippen LogP contribution in [-0.2, 0) is 34.3 Å². The molecule has 0 saturated heterocycles. The van der Waals surface area contributed by atoms with Gasteiger partial charge < -0.3 is 10.4 Å². The van der Waals surface area contributed by atoms with Crippen LogP contribution < -0.4 is 9.62 Å². The van der Waals surface area contributed by atoms with E-state index >= 15 is 0 Å². The number of rotatable bonds is 5. The van der Waals surface area contributed by atoms with Gasteiger partial charge in [-0.1, -0.05) is 42.5 Å². The van der Waals surface area contributed by atoms with E-state index in [0.29, 0.717) is 25.1 Å². The van der Waals surface area contributed by atoms with Gasteiger partial charge in [-0.3, -0.25) is 9.10 Å². The number of hydrogen-bond donors (Lipinski definition) is 2. The average molecular weight is 617 g/mol. The Balaban J connectivity index is 0.000000396. The Kier molecular flexibility index (Phi) is 11.7. The third-order valence-corrected chi connectivity index (χ3v) is 7.45. The minimum atomic E-state index is -5.98. The van der Waals surface area contributed by atoms with Crippen LogP contribution in [0, 0.1) is 18.7 Å². The van der Waals surface area contributed by atoms with Gasteiger partial charge in [0.15, 0.2) is 11.0 Å². The first kappa shape index (κ1) is 34.3. The van der Waals surface area contributed by atoms with Crippen LogP contribution in [-0.4, -0.2) is 34.1 Å². The van der Waals surface area contributed by atoms with Crippen molar-refractivity contribution in [2.45, 2.75) is 49.2 Å². The van der Waals surface area contributed by atoms with Gasteiger partial charge in [-0.15, -0.1) is 12.8 Å². The number of aliphatic hydroxyl groups is 1. The van der Waals surface area contributed by atoms with E-state index < -0.39 is 40.3 Å². The largest absolute Gasteiger partial charge is 0.430 e. The first-order valence-electron chi connectivity index (χ1n) is 12.2. The fourth-order valence-electron chi connectivity index (χ4n) is 3.95. The number of benzene rings is 3. The average Bonchev–Trinajstić information content (AvgIpc) is 2.96. The van der Waals surface area contributed by atoms with Crippen LogP contribution in [0.5, 0.6) is 0 Å². The van der Waals surface area contributed by atoms with Gasteiger partial charge in [-0.2, -0.15) is 26.3 Å². The fraction of sp³-hybridized carbons (Fsp3) is 0.276. The van der Waals surface area contributed by atoms with Crippen LogP contribution in [0.15, 0.2) is 77.7 Å². The molecule has 4 rings (SSSR count). The highest BCUT2D eigenvalue weighted by atomic mass is 32.2. The summed E-state index contributed by atoms with van der Waals surface area (Å²) < 4.78 is 106. The van der Waals surface area contributed by atoms with E-state index in [1.54, 1.807) is 0 Å². The molecule has 42 heavy (non-hydrogen) atoms. The van der Waals surface area contributed by atoms with E-state index in [1.807, 2.05) is 30.3 Å². The summed E-state index contributed by atoms with van der Waals surface area (Å²) >= 11 is 0. The topological polar surface area (TPSA) is 69.6 Å². The van der Waals surface area contributed by atoms with Crippen LogP contribution in [0.4, 0.5) is 36.4 Å². The fourth-order valence-corrected chi connectivity index (χ4v) is 5.22. The maximum absolute atomic E-state index is 13.1. The molecule has 0 aliphatic carbocycles. The van der Waals surface area contributed by atoms with Crippen LogP contribution in [0.3, 0.4) is 0 Å². The predicted octanol–water partition coefficient (Wildman–Crippen LogP) is 6.19. The number of aryl methyl sites for hydroxylation is 1. The van der Waals surface area contributed by atoms with Crippen molar-refractivity contribution in [2.75, 3.05) is 10.8 Å². The summed E-state index contributed by atoms with van der Waals surface area (Å²) in [5.74, 6) is -0.540. The lowest BCUT2D eigenvalue weighted by molar-refractivity contribution is -0.376. The minimum absolute atomic E-state index is 0.00820. The summed E-state index contributed by atoms with van der Waals surface area (Å²) in [6.07, 6.45) is -3.50. The summed E-state index contributed by atoms with van der Waals surface area (Å²) in [5, 5.41) is 12.3. The lowest BCUT2D eigenvalue weighted by Gasteiger charge is -2.35. The van der Waals surface area contributed by atoms with E-state index in [2.05, 4.69) is 18.2 Å². The Morgan fingerprint density at radius 3 is 2.05 bits per heavy atom. The van der Waals surface area contributed by atoms with Crippen molar-refractivity contribution in [3.63, 3.8) is 0 Å². The van der Waals surface area contributed by atoms with Crippen LogP contribution >= 0.6 is 0 Å². The second-order valence-electron chi connectivity index (χ2n) is 8.85. The molecule has 0 radical (unpaired) electrons. The zero-order valence-electron chi connectivity index (χ0n) is 22.2. The molecule has 0 spiro atoms. The normalized spacial score (nSPS) is 13.8. The number of carbonyl (C=O) groups is 1. The van der Waals surface area contributed by atoms with E-state index in [4.69, 9.17) is 0 Å². The van der Waals surface area contributed by atoms with Crippen molar-refractivity contribution < 1.29 is 44.8 Å². The highest BCUT2D eigenvalue weighted by Gasteiger charge is 2.71. The van der Waals surface area contributed by atoms with Crippen LogP contribution in [0.1, 0.15) is 30.0 Å². The third kappa shape index (κ3) is 8.10. The Labute approximate surface area is 240 Å². The first-order valence-corrected chi connectivity index (χ1v) is 13.3. The van der Waals surface area contributed by atoms with Crippen LogP contribution in [0.2, 0.25) is 0 Å². The van der Waals surface area contributed by atoms with Crippen molar-refractivity contribution in [2.24, 2.45) is 0 Å². The zero-order valence-corrected chi connectivity index (χ0v) is 23.0. The Bertz CT molecular complexity index is 1360. The van der Waals surface area contributed by atoms with Gasteiger partial charge in [0.2, 0.25) is 5.91 Å². The molecule has 1 atom stereocenters. The number of halogens is 7. The molecule has 0 fully saturated rings. The van der Waals surface area contributed by atoms with E-state index in [0.717, 1.165) is 23.8 Å². The number of anilines is 1. The second-order valence-corrected chi connectivity index (χ2v) is 10.3. The molecule has 0 bridgehead atoms. The number of nitrogens with one attached hydrogen (secondary N) is 1. The number of hydrogen-bond acceptors (Lipinski definition) is 3. The highest BCUT2D eigenvalue weighted by molar-refractivity contribution is 7.86. The lowest BCUT2D eigenvalue weighted by atomic mass is 9.89. The molecule has 0 aromatic heterocycles. The zero-order chi connectivity index (χ0) is 31.7. The number of fused-ring (bicyclic) bond motifs is 1. The summed E-state index contributed by atoms with van der Waals surface area (Å²) in [6, 6.07) is 16.7. The monoisotopic (exact) mass is 616 g/mol. The maximum atomic E-state index is 13.1. The molecule has 13 heteroatoms. The highest BCUT2D eigenvalue weighted by Crippen LogP contribution is 2.50.